The molecule has 0 unspecified atom stereocenters. The summed E-state index contributed by atoms with van der Waals surface area (Å²) in [5.41, 5.74) is 1.55. The maximum Gasteiger partial charge on any atom is 0.266 e. The number of ether oxygens (including phenoxy) is 2. The molecular formula is C21H16ClFN2O3. The lowest BCUT2D eigenvalue weighted by atomic mass is 10.0. The van der Waals surface area contributed by atoms with Gasteiger partial charge in [0.15, 0.2) is 11.5 Å². The van der Waals surface area contributed by atoms with Crippen LogP contribution in [0.15, 0.2) is 47.3 Å². The molecule has 142 valence electrons. The molecule has 0 radical (unpaired) electrons. The van der Waals surface area contributed by atoms with E-state index in [4.69, 9.17) is 21.1 Å². The summed E-state index contributed by atoms with van der Waals surface area (Å²) >= 11 is 6.02. The molecule has 0 fully saturated rings. The van der Waals surface area contributed by atoms with E-state index in [0.717, 1.165) is 0 Å². The van der Waals surface area contributed by atoms with Crippen molar-refractivity contribution in [3.63, 3.8) is 0 Å². The van der Waals surface area contributed by atoms with Gasteiger partial charge >= 0.3 is 0 Å². The largest absolute Gasteiger partial charge is 0.493 e. The SMILES string of the molecule is COc1cc(-c2cc(C)[nH]c(=O)c2C#N)ccc1OCc1c(F)cccc1Cl. The van der Waals surface area contributed by atoms with Gasteiger partial charge in [0.2, 0.25) is 0 Å². The average Bonchev–Trinajstić information content (AvgIpc) is 2.67. The Morgan fingerprint density at radius 2 is 2.00 bits per heavy atom. The van der Waals surface area contributed by atoms with Crippen LogP contribution in [0.2, 0.25) is 5.02 Å². The minimum Gasteiger partial charge on any atom is -0.493 e. The van der Waals surface area contributed by atoms with Gasteiger partial charge < -0.3 is 14.5 Å². The number of methoxy groups -OCH3 is 1. The first-order valence-corrected chi connectivity index (χ1v) is 8.70. The predicted molar refractivity (Wildman–Crippen MR) is 104 cm³/mol. The molecule has 28 heavy (non-hydrogen) atoms. The summed E-state index contributed by atoms with van der Waals surface area (Å²) in [7, 11) is 1.47. The predicted octanol–water partition coefficient (Wildman–Crippen LogP) is 4.60. The van der Waals surface area contributed by atoms with Crippen molar-refractivity contribution in [3.8, 4) is 28.7 Å². The molecule has 1 heterocycles. The number of aromatic amines is 1. The standard InChI is InChI=1S/C21H16ClFN2O3/c1-12-8-14(15(10-24)21(26)25-12)13-6-7-19(20(9-13)27-2)28-11-16-17(22)4-3-5-18(16)23/h3-9H,11H2,1-2H3,(H,25,26). The minimum atomic E-state index is -0.458. The molecule has 3 aromatic rings. The third kappa shape index (κ3) is 3.85. The van der Waals surface area contributed by atoms with Crippen molar-refractivity contribution in [2.24, 2.45) is 0 Å². The van der Waals surface area contributed by atoms with E-state index in [2.05, 4.69) is 4.98 Å². The molecule has 7 heteroatoms. The molecule has 0 aliphatic heterocycles. The normalized spacial score (nSPS) is 10.4. The first kappa shape index (κ1) is 19.5. The van der Waals surface area contributed by atoms with Crippen molar-refractivity contribution in [1.29, 1.82) is 5.26 Å². The molecule has 2 aromatic carbocycles. The number of aryl methyl sites for hydroxylation is 1. The molecule has 0 spiro atoms. The van der Waals surface area contributed by atoms with Crippen LogP contribution in [-0.2, 0) is 6.61 Å². The van der Waals surface area contributed by atoms with Gasteiger partial charge in [-0.05, 0) is 42.8 Å². The van der Waals surface area contributed by atoms with Crippen LogP contribution in [0.25, 0.3) is 11.1 Å². The quantitative estimate of drug-likeness (QED) is 0.681. The Balaban J connectivity index is 1.96. The number of pyridine rings is 1. The van der Waals surface area contributed by atoms with Gasteiger partial charge in [0.05, 0.1) is 12.1 Å². The van der Waals surface area contributed by atoms with Gasteiger partial charge in [0.25, 0.3) is 5.56 Å². The number of benzene rings is 2. The number of hydrogen-bond acceptors (Lipinski definition) is 4. The monoisotopic (exact) mass is 398 g/mol. The fourth-order valence-electron chi connectivity index (χ4n) is 2.80. The number of nitriles is 1. The highest BCUT2D eigenvalue weighted by molar-refractivity contribution is 6.31. The van der Waals surface area contributed by atoms with Crippen LogP contribution in [0.3, 0.4) is 0 Å². The lowest BCUT2D eigenvalue weighted by Gasteiger charge is -2.14. The van der Waals surface area contributed by atoms with E-state index in [1.165, 1.54) is 19.2 Å². The highest BCUT2D eigenvalue weighted by atomic mass is 35.5. The van der Waals surface area contributed by atoms with Crippen molar-refractivity contribution in [2.75, 3.05) is 7.11 Å². The maximum absolute atomic E-state index is 13.9. The van der Waals surface area contributed by atoms with E-state index in [0.29, 0.717) is 28.3 Å². The zero-order chi connectivity index (χ0) is 20.3. The molecule has 0 atom stereocenters. The number of nitrogens with zero attached hydrogens (tertiary/aromatic N) is 1. The summed E-state index contributed by atoms with van der Waals surface area (Å²) in [5.74, 6) is 0.304. The smallest absolute Gasteiger partial charge is 0.266 e. The van der Waals surface area contributed by atoms with Crippen molar-refractivity contribution < 1.29 is 13.9 Å². The van der Waals surface area contributed by atoms with E-state index >= 15 is 0 Å². The van der Waals surface area contributed by atoms with Crippen LogP contribution < -0.4 is 15.0 Å². The number of hydrogen-bond donors (Lipinski definition) is 1. The molecule has 1 N–H and O–H groups in total. The second-order valence-corrected chi connectivity index (χ2v) is 6.44. The Bertz CT molecular complexity index is 1120. The summed E-state index contributed by atoms with van der Waals surface area (Å²) in [4.78, 5) is 14.6. The Morgan fingerprint density at radius 3 is 2.68 bits per heavy atom. The zero-order valence-corrected chi connectivity index (χ0v) is 15.9. The number of halogens is 2. The number of aromatic nitrogens is 1. The summed E-state index contributed by atoms with van der Waals surface area (Å²) in [6.07, 6.45) is 0. The first-order valence-electron chi connectivity index (χ1n) is 8.32. The highest BCUT2D eigenvalue weighted by Crippen LogP contribution is 2.34. The highest BCUT2D eigenvalue weighted by Gasteiger charge is 2.14. The van der Waals surface area contributed by atoms with E-state index < -0.39 is 11.4 Å². The summed E-state index contributed by atoms with van der Waals surface area (Å²) in [5, 5.41) is 9.59. The van der Waals surface area contributed by atoms with Gasteiger partial charge in [-0.2, -0.15) is 5.26 Å². The fourth-order valence-corrected chi connectivity index (χ4v) is 3.02. The molecule has 0 aliphatic carbocycles. The molecule has 1 aromatic heterocycles. The van der Waals surface area contributed by atoms with E-state index in [1.807, 2.05) is 6.07 Å². The van der Waals surface area contributed by atoms with Crippen molar-refractivity contribution in [3.05, 3.63) is 80.5 Å². The Kier molecular flexibility index (Phi) is 5.67. The van der Waals surface area contributed by atoms with Gasteiger partial charge in [-0.3, -0.25) is 4.79 Å². The number of nitrogens with one attached hydrogen (secondary N) is 1. The third-order valence-corrected chi connectivity index (χ3v) is 4.54. The van der Waals surface area contributed by atoms with Crippen LogP contribution in [0.5, 0.6) is 11.5 Å². The second kappa shape index (κ2) is 8.15. The van der Waals surface area contributed by atoms with Crippen LogP contribution in [-0.4, -0.2) is 12.1 Å². The minimum absolute atomic E-state index is 0.0134. The molecular weight excluding hydrogens is 383 g/mol. The average molecular weight is 399 g/mol. The summed E-state index contributed by atoms with van der Waals surface area (Å²) in [6, 6.07) is 13.1. The van der Waals surface area contributed by atoms with Crippen LogP contribution >= 0.6 is 11.6 Å². The van der Waals surface area contributed by atoms with E-state index in [9.17, 15) is 14.4 Å². The Hall–Kier alpha value is -3.30. The molecule has 0 saturated heterocycles. The summed E-state index contributed by atoms with van der Waals surface area (Å²) in [6.45, 7) is 1.66. The number of H-pyrrole nitrogens is 1. The Morgan fingerprint density at radius 1 is 1.21 bits per heavy atom. The number of rotatable bonds is 5. The van der Waals surface area contributed by atoms with Gasteiger partial charge in [0, 0.05) is 16.8 Å². The molecule has 5 nitrogen and oxygen atoms in total. The zero-order valence-electron chi connectivity index (χ0n) is 15.2. The Labute approximate surface area is 165 Å². The molecule has 0 saturated carbocycles. The van der Waals surface area contributed by atoms with Gasteiger partial charge in [-0.25, -0.2) is 4.39 Å². The van der Waals surface area contributed by atoms with Gasteiger partial charge in [0.1, 0.15) is 24.1 Å². The van der Waals surface area contributed by atoms with Crippen molar-refractivity contribution >= 4 is 11.6 Å². The molecule has 0 bridgehead atoms. The molecule has 0 aliphatic rings. The first-order chi connectivity index (χ1) is 13.4. The van der Waals surface area contributed by atoms with E-state index in [-0.39, 0.29) is 22.8 Å². The topological polar surface area (TPSA) is 75.1 Å². The molecule has 3 rings (SSSR count). The van der Waals surface area contributed by atoms with Crippen LogP contribution in [0.4, 0.5) is 4.39 Å². The molecule has 0 amide bonds. The van der Waals surface area contributed by atoms with Crippen molar-refractivity contribution in [1.82, 2.24) is 4.98 Å². The van der Waals surface area contributed by atoms with Gasteiger partial charge in [-0.1, -0.05) is 23.7 Å². The van der Waals surface area contributed by atoms with E-state index in [1.54, 1.807) is 37.3 Å². The fraction of sp³-hybridized carbons (Fsp3) is 0.143. The third-order valence-electron chi connectivity index (χ3n) is 4.19. The lowest BCUT2D eigenvalue weighted by molar-refractivity contribution is 0.280. The van der Waals surface area contributed by atoms with Crippen LogP contribution in [0, 0.1) is 24.1 Å². The van der Waals surface area contributed by atoms with Crippen LogP contribution in [0.1, 0.15) is 16.8 Å². The summed E-state index contributed by atoms with van der Waals surface area (Å²) < 4.78 is 25.0. The van der Waals surface area contributed by atoms with Crippen molar-refractivity contribution in [2.45, 2.75) is 13.5 Å². The van der Waals surface area contributed by atoms with Gasteiger partial charge in [-0.15, -0.1) is 0 Å². The maximum atomic E-state index is 13.9. The lowest BCUT2D eigenvalue weighted by Crippen LogP contribution is -2.12. The second-order valence-electron chi connectivity index (χ2n) is 6.04.